The third kappa shape index (κ3) is 2.82. The summed E-state index contributed by atoms with van der Waals surface area (Å²) in [7, 11) is 0. The van der Waals surface area contributed by atoms with E-state index in [1.807, 2.05) is 31.2 Å². The number of aryl methyl sites for hydroxylation is 1. The summed E-state index contributed by atoms with van der Waals surface area (Å²) in [6.07, 6.45) is 0. The molecule has 1 aliphatic rings. The Morgan fingerprint density at radius 3 is 2.22 bits per heavy atom. The lowest BCUT2D eigenvalue weighted by atomic mass is 10.2. The van der Waals surface area contributed by atoms with Crippen molar-refractivity contribution in [3.8, 4) is 0 Å². The number of carbonyl (C=O) groups excluding carboxylic acids is 2. The van der Waals surface area contributed by atoms with Crippen molar-refractivity contribution in [2.45, 2.75) is 26.4 Å². The Morgan fingerprint density at radius 2 is 1.61 bits per heavy atom. The number of rotatable bonds is 3. The predicted molar refractivity (Wildman–Crippen MR) is 85.5 cm³/mol. The molecular formula is C18H17FN2O2. The maximum absolute atomic E-state index is 13.0. The van der Waals surface area contributed by atoms with Gasteiger partial charge >= 0.3 is 6.03 Å². The highest BCUT2D eigenvalue weighted by Crippen LogP contribution is 2.27. The Morgan fingerprint density at radius 1 is 1.00 bits per heavy atom. The van der Waals surface area contributed by atoms with E-state index in [4.69, 9.17) is 0 Å². The van der Waals surface area contributed by atoms with Crippen LogP contribution >= 0.6 is 0 Å². The van der Waals surface area contributed by atoms with Gasteiger partial charge in [0.25, 0.3) is 5.91 Å². The first kappa shape index (κ1) is 15.2. The van der Waals surface area contributed by atoms with Crippen LogP contribution in [0.25, 0.3) is 0 Å². The monoisotopic (exact) mass is 312 g/mol. The minimum absolute atomic E-state index is 0.144. The summed E-state index contributed by atoms with van der Waals surface area (Å²) in [6.45, 7) is 3.82. The van der Waals surface area contributed by atoms with Crippen LogP contribution in [0.1, 0.15) is 18.1 Å². The van der Waals surface area contributed by atoms with Crippen molar-refractivity contribution in [3.05, 3.63) is 65.5 Å². The summed E-state index contributed by atoms with van der Waals surface area (Å²) in [5, 5.41) is 0. The third-order valence-corrected chi connectivity index (χ3v) is 4.01. The highest BCUT2D eigenvalue weighted by Gasteiger charge is 2.43. The van der Waals surface area contributed by atoms with Gasteiger partial charge < -0.3 is 0 Å². The molecule has 1 saturated heterocycles. The van der Waals surface area contributed by atoms with Crippen LogP contribution in [0.15, 0.2) is 48.5 Å². The van der Waals surface area contributed by atoms with Crippen molar-refractivity contribution in [2.75, 3.05) is 4.90 Å². The first-order valence-electron chi connectivity index (χ1n) is 7.43. The van der Waals surface area contributed by atoms with Crippen molar-refractivity contribution in [1.29, 1.82) is 0 Å². The second kappa shape index (κ2) is 5.83. The molecule has 23 heavy (non-hydrogen) atoms. The first-order chi connectivity index (χ1) is 11.0. The van der Waals surface area contributed by atoms with Gasteiger partial charge in [-0.15, -0.1) is 0 Å². The third-order valence-electron chi connectivity index (χ3n) is 4.01. The Labute approximate surface area is 134 Å². The maximum atomic E-state index is 13.0. The zero-order valence-corrected chi connectivity index (χ0v) is 13.0. The molecule has 1 fully saturated rings. The normalized spacial score (nSPS) is 18.0. The zero-order valence-electron chi connectivity index (χ0n) is 13.0. The van der Waals surface area contributed by atoms with E-state index in [1.54, 1.807) is 19.1 Å². The fraction of sp³-hybridized carbons (Fsp3) is 0.222. The molecule has 5 heteroatoms. The van der Waals surface area contributed by atoms with Gasteiger partial charge in [-0.3, -0.25) is 14.6 Å². The van der Waals surface area contributed by atoms with Gasteiger partial charge in [0, 0.05) is 5.69 Å². The molecule has 1 heterocycles. The minimum Gasteiger partial charge on any atom is -0.282 e. The van der Waals surface area contributed by atoms with Crippen LogP contribution in [-0.4, -0.2) is 22.9 Å². The molecule has 3 rings (SSSR count). The quantitative estimate of drug-likeness (QED) is 0.814. The standard InChI is InChI=1S/C18H17FN2O2/c1-12-3-9-16(10-4-12)21-13(2)17(22)20(18(21)23)11-14-5-7-15(19)8-6-14/h3-10,13H,11H2,1-2H3. The van der Waals surface area contributed by atoms with Gasteiger partial charge in [0.1, 0.15) is 11.9 Å². The number of urea groups is 1. The average molecular weight is 312 g/mol. The van der Waals surface area contributed by atoms with Crippen molar-refractivity contribution < 1.29 is 14.0 Å². The summed E-state index contributed by atoms with van der Waals surface area (Å²) in [5.41, 5.74) is 2.50. The van der Waals surface area contributed by atoms with Crippen molar-refractivity contribution >= 4 is 17.6 Å². The number of imide groups is 1. The molecule has 1 aliphatic heterocycles. The lowest BCUT2D eigenvalue weighted by Gasteiger charge is -2.19. The van der Waals surface area contributed by atoms with Gasteiger partial charge in [-0.25, -0.2) is 9.18 Å². The van der Waals surface area contributed by atoms with Crippen molar-refractivity contribution in [2.24, 2.45) is 0 Å². The number of hydrogen-bond acceptors (Lipinski definition) is 2. The number of benzene rings is 2. The molecular weight excluding hydrogens is 295 g/mol. The Bertz CT molecular complexity index is 741. The summed E-state index contributed by atoms with van der Waals surface area (Å²) >= 11 is 0. The molecule has 0 aliphatic carbocycles. The topological polar surface area (TPSA) is 40.6 Å². The molecule has 118 valence electrons. The van der Waals surface area contributed by atoms with E-state index in [0.717, 1.165) is 5.56 Å². The molecule has 0 bridgehead atoms. The lowest BCUT2D eigenvalue weighted by molar-refractivity contribution is -0.127. The molecule has 0 saturated carbocycles. The van der Waals surface area contributed by atoms with Crippen LogP contribution in [0.2, 0.25) is 0 Å². The van der Waals surface area contributed by atoms with E-state index < -0.39 is 6.04 Å². The fourth-order valence-corrected chi connectivity index (χ4v) is 2.68. The maximum Gasteiger partial charge on any atom is 0.332 e. The predicted octanol–water partition coefficient (Wildman–Crippen LogP) is 3.49. The number of amides is 3. The molecule has 0 N–H and O–H groups in total. The van der Waals surface area contributed by atoms with Gasteiger partial charge in [0.2, 0.25) is 0 Å². The van der Waals surface area contributed by atoms with Crippen LogP contribution in [0.5, 0.6) is 0 Å². The van der Waals surface area contributed by atoms with Gasteiger partial charge in [0.15, 0.2) is 0 Å². The molecule has 4 nitrogen and oxygen atoms in total. The number of carbonyl (C=O) groups is 2. The van der Waals surface area contributed by atoms with E-state index in [-0.39, 0.29) is 24.3 Å². The molecule has 1 atom stereocenters. The molecule has 2 aromatic carbocycles. The molecule has 0 radical (unpaired) electrons. The number of anilines is 1. The smallest absolute Gasteiger partial charge is 0.282 e. The van der Waals surface area contributed by atoms with Gasteiger partial charge in [-0.2, -0.15) is 0 Å². The fourth-order valence-electron chi connectivity index (χ4n) is 2.68. The SMILES string of the molecule is Cc1ccc(N2C(=O)N(Cc3ccc(F)cc3)C(=O)C2C)cc1. The van der Waals surface area contributed by atoms with Gasteiger partial charge in [0.05, 0.1) is 6.54 Å². The molecule has 2 aromatic rings. The van der Waals surface area contributed by atoms with E-state index in [0.29, 0.717) is 11.3 Å². The van der Waals surface area contributed by atoms with Gasteiger partial charge in [-0.1, -0.05) is 29.8 Å². The van der Waals surface area contributed by atoms with E-state index in [9.17, 15) is 14.0 Å². The molecule has 0 spiro atoms. The van der Waals surface area contributed by atoms with Crippen LogP contribution < -0.4 is 4.90 Å². The Kier molecular flexibility index (Phi) is 3.86. The van der Waals surface area contributed by atoms with E-state index in [1.165, 1.54) is 21.9 Å². The number of nitrogens with zero attached hydrogens (tertiary/aromatic N) is 2. The van der Waals surface area contributed by atoms with Crippen LogP contribution in [-0.2, 0) is 11.3 Å². The Balaban J connectivity index is 1.85. The number of hydrogen-bond donors (Lipinski definition) is 0. The zero-order chi connectivity index (χ0) is 16.6. The lowest BCUT2D eigenvalue weighted by Crippen LogP contribution is -2.33. The first-order valence-corrected chi connectivity index (χ1v) is 7.43. The summed E-state index contributed by atoms with van der Waals surface area (Å²) in [6, 6.07) is 12.4. The van der Waals surface area contributed by atoms with E-state index >= 15 is 0 Å². The van der Waals surface area contributed by atoms with Crippen LogP contribution in [0.3, 0.4) is 0 Å². The highest BCUT2D eigenvalue weighted by molar-refractivity contribution is 6.13. The number of halogens is 1. The van der Waals surface area contributed by atoms with Gasteiger partial charge in [-0.05, 0) is 43.7 Å². The highest BCUT2D eigenvalue weighted by atomic mass is 19.1. The largest absolute Gasteiger partial charge is 0.332 e. The van der Waals surface area contributed by atoms with Crippen LogP contribution in [0, 0.1) is 12.7 Å². The van der Waals surface area contributed by atoms with E-state index in [2.05, 4.69) is 0 Å². The second-order valence-corrected chi connectivity index (χ2v) is 5.71. The van der Waals surface area contributed by atoms with Crippen LogP contribution in [0.4, 0.5) is 14.9 Å². The summed E-state index contributed by atoms with van der Waals surface area (Å²) < 4.78 is 13.0. The summed E-state index contributed by atoms with van der Waals surface area (Å²) in [4.78, 5) is 27.8. The van der Waals surface area contributed by atoms with Crippen molar-refractivity contribution in [1.82, 2.24) is 4.90 Å². The minimum atomic E-state index is -0.550. The molecule has 1 unspecified atom stereocenters. The molecule has 0 aromatic heterocycles. The second-order valence-electron chi connectivity index (χ2n) is 5.71. The summed E-state index contributed by atoms with van der Waals surface area (Å²) in [5.74, 6) is -0.595. The Hall–Kier alpha value is -2.69. The molecule has 3 amide bonds. The average Bonchev–Trinajstić information content (AvgIpc) is 2.74. The van der Waals surface area contributed by atoms with Crippen molar-refractivity contribution in [3.63, 3.8) is 0 Å².